The number of rotatable bonds is 3. The molecule has 7 nitrogen and oxygen atoms in total. The first-order valence-corrected chi connectivity index (χ1v) is 9.45. The van der Waals surface area contributed by atoms with Gasteiger partial charge < -0.3 is 5.32 Å². The Balaban J connectivity index is 1.69. The van der Waals surface area contributed by atoms with E-state index in [2.05, 4.69) is 33.4 Å². The Bertz CT molecular complexity index is 1040. The van der Waals surface area contributed by atoms with E-state index in [4.69, 9.17) is 0 Å². The summed E-state index contributed by atoms with van der Waals surface area (Å²) in [6.07, 6.45) is 5.51. The number of nitriles is 1. The predicted molar refractivity (Wildman–Crippen MR) is 98.3 cm³/mol. The lowest BCUT2D eigenvalue weighted by atomic mass is 9.86. The van der Waals surface area contributed by atoms with Crippen molar-refractivity contribution in [1.82, 2.24) is 19.6 Å². The summed E-state index contributed by atoms with van der Waals surface area (Å²) in [5, 5.41) is 17.2. The number of thiophene rings is 1. The number of carbonyl (C=O) groups is 1. The van der Waals surface area contributed by atoms with Crippen molar-refractivity contribution in [2.75, 3.05) is 5.32 Å². The van der Waals surface area contributed by atoms with Gasteiger partial charge in [0.05, 0.1) is 5.56 Å². The van der Waals surface area contributed by atoms with Crippen molar-refractivity contribution in [1.29, 1.82) is 5.26 Å². The van der Waals surface area contributed by atoms with Crippen molar-refractivity contribution in [2.45, 2.75) is 39.5 Å². The molecule has 0 aliphatic heterocycles. The first kappa shape index (κ1) is 16.7. The highest BCUT2D eigenvalue weighted by Crippen LogP contribution is 2.40. The summed E-state index contributed by atoms with van der Waals surface area (Å²) in [5.41, 5.74) is 2.75. The summed E-state index contributed by atoms with van der Waals surface area (Å²) >= 11 is 1.52. The minimum Gasteiger partial charge on any atom is -0.311 e. The minimum atomic E-state index is -0.312. The summed E-state index contributed by atoms with van der Waals surface area (Å²) in [6.45, 7) is 4.01. The van der Waals surface area contributed by atoms with Crippen LogP contribution in [0.15, 0.2) is 12.4 Å². The quantitative estimate of drug-likeness (QED) is 0.768. The van der Waals surface area contributed by atoms with Crippen LogP contribution in [-0.2, 0) is 12.8 Å². The highest BCUT2D eigenvalue weighted by molar-refractivity contribution is 7.16. The number of aromatic nitrogens is 4. The molecule has 0 radical (unpaired) electrons. The van der Waals surface area contributed by atoms with Gasteiger partial charge in [0, 0.05) is 10.6 Å². The molecule has 1 amide bonds. The van der Waals surface area contributed by atoms with E-state index >= 15 is 0 Å². The fourth-order valence-corrected chi connectivity index (χ4v) is 4.78. The number of aryl methyl sites for hydroxylation is 1. The largest absolute Gasteiger partial charge is 0.311 e. The van der Waals surface area contributed by atoms with Crippen LogP contribution in [0.25, 0.3) is 5.78 Å². The first-order chi connectivity index (χ1) is 12.6. The van der Waals surface area contributed by atoms with Crippen molar-refractivity contribution in [3.63, 3.8) is 0 Å². The number of amides is 1. The standard InChI is InChI=1S/C18H18N6OS/c1-3-11-4-5-12-13(8-19)17(26-15(12)7-11)23-16(25)14-6-10(2)22-18-20-9-21-24(14)18/h6,9,11H,3-5,7H2,1-2H3,(H,23,25)/t11-/m1/s1. The molecule has 0 aromatic carbocycles. The van der Waals surface area contributed by atoms with Gasteiger partial charge in [-0.15, -0.1) is 11.3 Å². The Hall–Kier alpha value is -2.79. The van der Waals surface area contributed by atoms with Crippen LogP contribution in [0.1, 0.15) is 52.0 Å². The van der Waals surface area contributed by atoms with Crippen LogP contribution in [0.3, 0.4) is 0 Å². The molecule has 3 heterocycles. The van der Waals surface area contributed by atoms with Gasteiger partial charge in [-0.2, -0.15) is 19.9 Å². The van der Waals surface area contributed by atoms with Crippen LogP contribution in [0.2, 0.25) is 0 Å². The van der Waals surface area contributed by atoms with E-state index in [1.807, 2.05) is 0 Å². The maximum atomic E-state index is 12.8. The Labute approximate surface area is 154 Å². The monoisotopic (exact) mass is 366 g/mol. The van der Waals surface area contributed by atoms with E-state index in [-0.39, 0.29) is 5.91 Å². The third-order valence-electron chi connectivity index (χ3n) is 4.90. The fraction of sp³-hybridized carbons (Fsp3) is 0.389. The van der Waals surface area contributed by atoms with Crippen molar-refractivity contribution in [3.05, 3.63) is 39.8 Å². The molecular formula is C18H18N6OS. The molecule has 1 atom stereocenters. The third-order valence-corrected chi connectivity index (χ3v) is 6.07. The molecule has 8 heteroatoms. The Kier molecular flexibility index (Phi) is 4.17. The molecule has 132 valence electrons. The molecule has 0 spiro atoms. The molecule has 4 rings (SSSR count). The lowest BCUT2D eigenvalue weighted by Crippen LogP contribution is -2.17. The highest BCUT2D eigenvalue weighted by atomic mass is 32.1. The molecule has 1 aliphatic carbocycles. The maximum Gasteiger partial charge on any atom is 0.275 e. The molecule has 1 aliphatic rings. The first-order valence-electron chi connectivity index (χ1n) is 8.64. The topological polar surface area (TPSA) is 96.0 Å². The molecule has 26 heavy (non-hydrogen) atoms. The van der Waals surface area contributed by atoms with Crippen LogP contribution in [0.4, 0.5) is 5.00 Å². The second kappa shape index (κ2) is 6.50. The van der Waals surface area contributed by atoms with Crippen LogP contribution < -0.4 is 5.32 Å². The molecule has 0 saturated heterocycles. The number of carbonyl (C=O) groups excluding carboxylic acids is 1. The van der Waals surface area contributed by atoms with Crippen molar-refractivity contribution in [2.24, 2.45) is 5.92 Å². The number of nitrogens with one attached hydrogen (secondary N) is 1. The van der Waals surface area contributed by atoms with Gasteiger partial charge in [-0.1, -0.05) is 13.3 Å². The number of fused-ring (bicyclic) bond motifs is 2. The van der Waals surface area contributed by atoms with Gasteiger partial charge in [0.25, 0.3) is 11.7 Å². The van der Waals surface area contributed by atoms with Gasteiger partial charge in [-0.3, -0.25) is 4.79 Å². The SMILES string of the molecule is CC[C@@H]1CCc2c(sc(NC(=O)c3cc(C)nc4ncnn34)c2C#N)C1. The number of hydrogen-bond donors (Lipinski definition) is 1. The third kappa shape index (κ3) is 2.74. The van der Waals surface area contributed by atoms with Crippen LogP contribution >= 0.6 is 11.3 Å². The van der Waals surface area contributed by atoms with Crippen LogP contribution in [0.5, 0.6) is 0 Å². The summed E-state index contributed by atoms with van der Waals surface area (Å²) in [4.78, 5) is 22.4. The fourth-order valence-electron chi connectivity index (χ4n) is 3.47. The zero-order valence-corrected chi connectivity index (χ0v) is 15.4. The predicted octanol–water partition coefficient (Wildman–Crippen LogP) is 3.13. The van der Waals surface area contributed by atoms with Gasteiger partial charge in [0.1, 0.15) is 23.1 Å². The normalized spacial score (nSPS) is 16.3. The van der Waals surface area contributed by atoms with Gasteiger partial charge in [0.2, 0.25) is 0 Å². The average molecular weight is 366 g/mol. The van der Waals surface area contributed by atoms with Crippen molar-refractivity contribution in [3.8, 4) is 6.07 Å². The second-order valence-electron chi connectivity index (χ2n) is 6.55. The molecule has 1 N–H and O–H groups in total. The van der Waals surface area contributed by atoms with E-state index in [1.165, 1.54) is 27.1 Å². The smallest absolute Gasteiger partial charge is 0.275 e. The van der Waals surface area contributed by atoms with E-state index in [1.54, 1.807) is 13.0 Å². The van der Waals surface area contributed by atoms with Crippen LogP contribution in [0, 0.1) is 24.2 Å². The van der Waals surface area contributed by atoms with E-state index in [0.29, 0.717) is 33.6 Å². The molecule has 3 aromatic heterocycles. The zero-order chi connectivity index (χ0) is 18.3. The van der Waals surface area contributed by atoms with Gasteiger partial charge in [-0.05, 0) is 43.7 Å². The van der Waals surface area contributed by atoms with Crippen LogP contribution in [-0.4, -0.2) is 25.5 Å². The van der Waals surface area contributed by atoms with Gasteiger partial charge >= 0.3 is 0 Å². The van der Waals surface area contributed by atoms with E-state index in [9.17, 15) is 10.1 Å². The number of hydrogen-bond acceptors (Lipinski definition) is 6. The molecule has 0 saturated carbocycles. The lowest BCUT2D eigenvalue weighted by molar-refractivity contribution is 0.102. The second-order valence-corrected chi connectivity index (χ2v) is 7.65. The number of nitrogens with zero attached hydrogens (tertiary/aromatic N) is 5. The van der Waals surface area contributed by atoms with E-state index < -0.39 is 0 Å². The Morgan fingerprint density at radius 3 is 3.15 bits per heavy atom. The van der Waals surface area contributed by atoms with Gasteiger partial charge in [-0.25, -0.2) is 4.98 Å². The average Bonchev–Trinajstić information content (AvgIpc) is 3.23. The van der Waals surface area contributed by atoms with Crippen molar-refractivity contribution >= 4 is 28.0 Å². The zero-order valence-electron chi connectivity index (χ0n) is 14.6. The number of anilines is 1. The molecular weight excluding hydrogens is 348 g/mol. The summed E-state index contributed by atoms with van der Waals surface area (Å²) in [5.74, 6) is 0.730. The molecule has 0 unspecified atom stereocenters. The minimum absolute atomic E-state index is 0.312. The Morgan fingerprint density at radius 1 is 1.54 bits per heavy atom. The molecule has 3 aromatic rings. The summed E-state index contributed by atoms with van der Waals surface area (Å²) in [6, 6.07) is 3.96. The Morgan fingerprint density at radius 2 is 2.38 bits per heavy atom. The summed E-state index contributed by atoms with van der Waals surface area (Å²) < 4.78 is 1.41. The maximum absolute atomic E-state index is 12.8. The van der Waals surface area contributed by atoms with Gasteiger partial charge in [0.15, 0.2) is 0 Å². The summed E-state index contributed by atoms with van der Waals surface area (Å²) in [7, 11) is 0. The molecule has 0 bridgehead atoms. The van der Waals surface area contributed by atoms with Crippen molar-refractivity contribution < 1.29 is 4.79 Å². The lowest BCUT2D eigenvalue weighted by Gasteiger charge is -2.20. The highest BCUT2D eigenvalue weighted by Gasteiger charge is 2.26. The van der Waals surface area contributed by atoms with E-state index in [0.717, 1.165) is 31.2 Å². The molecule has 0 fully saturated rings.